The van der Waals surface area contributed by atoms with E-state index in [-0.39, 0.29) is 6.61 Å². The van der Waals surface area contributed by atoms with E-state index in [1.807, 2.05) is 0 Å². The lowest BCUT2D eigenvalue weighted by atomic mass is 10.1. The van der Waals surface area contributed by atoms with Crippen LogP contribution in [0.5, 0.6) is 0 Å². The van der Waals surface area contributed by atoms with Gasteiger partial charge in [0.1, 0.15) is 6.10 Å². The Hall–Kier alpha value is -0.680. The highest BCUT2D eigenvalue weighted by atomic mass is 19.4. The van der Waals surface area contributed by atoms with Gasteiger partial charge in [-0.1, -0.05) is 0 Å². The molecule has 0 saturated carbocycles. The van der Waals surface area contributed by atoms with E-state index in [4.69, 9.17) is 0 Å². The molecule has 1 heterocycles. The molecule has 0 aromatic heterocycles. The van der Waals surface area contributed by atoms with Crippen molar-refractivity contribution in [2.45, 2.75) is 50.1 Å². The predicted molar refractivity (Wildman–Crippen MR) is 51.7 cm³/mol. The quantitative estimate of drug-likeness (QED) is 0.530. The highest BCUT2D eigenvalue weighted by Crippen LogP contribution is 2.47. The van der Waals surface area contributed by atoms with Crippen LogP contribution in [0.1, 0.15) is 13.8 Å². The van der Waals surface area contributed by atoms with E-state index in [2.05, 4.69) is 14.2 Å². The van der Waals surface area contributed by atoms with Crippen LogP contribution >= 0.6 is 0 Å². The van der Waals surface area contributed by atoms with Crippen molar-refractivity contribution in [2.75, 3.05) is 13.2 Å². The summed E-state index contributed by atoms with van der Waals surface area (Å²) in [6.45, 7) is -0.567. The number of epoxide rings is 1. The van der Waals surface area contributed by atoms with E-state index in [0.717, 1.165) is 0 Å². The molecular weight excluding hydrogens is 320 g/mol. The molecule has 1 aliphatic rings. The first-order chi connectivity index (χ1) is 9.21. The second-order valence-electron chi connectivity index (χ2n) is 4.70. The van der Waals surface area contributed by atoms with Gasteiger partial charge >= 0.3 is 12.3 Å². The normalized spacial score (nSPS) is 26.9. The van der Waals surface area contributed by atoms with Crippen molar-refractivity contribution in [3.63, 3.8) is 0 Å². The zero-order valence-electron chi connectivity index (χ0n) is 10.8. The lowest BCUT2D eigenvalue weighted by molar-refractivity contribution is -0.419. The molecule has 4 unspecified atom stereocenters. The molecule has 1 rings (SSSR count). The molecule has 0 bridgehead atoms. The summed E-state index contributed by atoms with van der Waals surface area (Å²) in [5.74, 6) is -3.50. The van der Waals surface area contributed by atoms with Crippen LogP contribution in [0.3, 0.4) is 0 Å². The molecule has 1 aliphatic heterocycles. The lowest BCUT2D eigenvalue weighted by Gasteiger charge is -2.34. The zero-order valence-corrected chi connectivity index (χ0v) is 10.8. The minimum Gasteiger partial charge on any atom is -0.371 e. The van der Waals surface area contributed by atoms with Crippen LogP contribution in [-0.4, -0.2) is 49.5 Å². The molecule has 11 heteroatoms. The average molecular weight is 332 g/mol. The van der Waals surface area contributed by atoms with Crippen LogP contribution < -0.4 is 0 Å². The molecule has 0 aliphatic carbocycles. The van der Waals surface area contributed by atoms with Crippen molar-refractivity contribution in [3.8, 4) is 0 Å². The van der Waals surface area contributed by atoms with Gasteiger partial charge in [0.2, 0.25) is 0 Å². The highest BCUT2D eigenvalue weighted by Gasteiger charge is 2.70. The summed E-state index contributed by atoms with van der Waals surface area (Å²) in [6.07, 6.45) is -15.9. The Bertz CT molecular complexity index is 364. The van der Waals surface area contributed by atoms with Crippen LogP contribution in [0.25, 0.3) is 0 Å². The maximum Gasteiger partial charge on any atom is 0.430 e. The summed E-state index contributed by atoms with van der Waals surface area (Å²) in [7, 11) is 0. The average Bonchev–Trinajstić information content (AvgIpc) is 3.07. The summed E-state index contributed by atoms with van der Waals surface area (Å²) >= 11 is 0. The largest absolute Gasteiger partial charge is 0.430 e. The van der Waals surface area contributed by atoms with Crippen LogP contribution in [0.15, 0.2) is 0 Å². The second kappa shape index (κ2) is 5.51. The Morgan fingerprint density at radius 2 is 1.57 bits per heavy atom. The van der Waals surface area contributed by atoms with E-state index in [1.165, 1.54) is 0 Å². The van der Waals surface area contributed by atoms with E-state index < -0.39 is 49.8 Å². The summed E-state index contributed by atoms with van der Waals surface area (Å²) in [5.41, 5.74) is -5.21. The minimum atomic E-state index is -6.05. The third-order valence-corrected chi connectivity index (χ3v) is 2.69. The molecule has 0 radical (unpaired) electrons. The fourth-order valence-corrected chi connectivity index (χ4v) is 0.997. The molecule has 0 spiro atoms. The van der Waals surface area contributed by atoms with Gasteiger partial charge in [0.05, 0.1) is 13.2 Å². The summed E-state index contributed by atoms with van der Waals surface area (Å²) < 4.78 is 114. The third-order valence-electron chi connectivity index (χ3n) is 2.69. The maximum absolute atomic E-state index is 13.6. The number of alkyl halides is 8. The summed E-state index contributed by atoms with van der Waals surface area (Å²) in [6, 6.07) is 0. The van der Waals surface area contributed by atoms with E-state index in [9.17, 15) is 35.1 Å². The first-order valence-electron chi connectivity index (χ1n) is 5.60. The topological polar surface area (TPSA) is 31.0 Å². The number of hydrogen-bond acceptors (Lipinski definition) is 3. The molecule has 0 aromatic rings. The van der Waals surface area contributed by atoms with Crippen molar-refractivity contribution >= 4 is 0 Å². The van der Waals surface area contributed by atoms with Gasteiger partial charge in [0.25, 0.3) is 17.9 Å². The molecule has 1 fully saturated rings. The Morgan fingerprint density at radius 1 is 1.10 bits per heavy atom. The molecule has 3 nitrogen and oxygen atoms in total. The van der Waals surface area contributed by atoms with Crippen molar-refractivity contribution in [1.29, 1.82) is 0 Å². The van der Waals surface area contributed by atoms with Crippen molar-refractivity contribution in [2.24, 2.45) is 0 Å². The molecular formula is C10H12F8O3. The molecule has 0 N–H and O–H groups in total. The van der Waals surface area contributed by atoms with E-state index in [1.54, 1.807) is 0 Å². The van der Waals surface area contributed by atoms with Crippen LogP contribution in [0.2, 0.25) is 0 Å². The lowest BCUT2D eigenvalue weighted by Crippen LogP contribution is -2.57. The number of ether oxygens (including phenoxy) is 3. The van der Waals surface area contributed by atoms with Crippen LogP contribution in [0, 0.1) is 0 Å². The second-order valence-corrected chi connectivity index (χ2v) is 4.70. The van der Waals surface area contributed by atoms with E-state index in [0.29, 0.717) is 6.92 Å². The number of hydrogen-bond donors (Lipinski definition) is 0. The molecule has 126 valence electrons. The van der Waals surface area contributed by atoms with Gasteiger partial charge in [-0.05, 0) is 6.92 Å². The third kappa shape index (κ3) is 4.16. The molecule has 0 aromatic carbocycles. The van der Waals surface area contributed by atoms with Crippen molar-refractivity contribution in [1.82, 2.24) is 0 Å². The molecule has 1 saturated heterocycles. The van der Waals surface area contributed by atoms with Gasteiger partial charge in [-0.15, -0.1) is 0 Å². The zero-order chi connectivity index (χ0) is 16.7. The van der Waals surface area contributed by atoms with E-state index >= 15 is 0 Å². The predicted octanol–water partition coefficient (Wildman–Crippen LogP) is 3.28. The molecule has 21 heavy (non-hydrogen) atoms. The van der Waals surface area contributed by atoms with Gasteiger partial charge in [0, 0.05) is 6.92 Å². The monoisotopic (exact) mass is 332 g/mol. The molecule has 0 amide bonds. The van der Waals surface area contributed by atoms with Crippen molar-refractivity contribution in [3.05, 3.63) is 0 Å². The highest BCUT2D eigenvalue weighted by molar-refractivity contribution is 4.91. The Kier molecular flexibility index (Phi) is 4.82. The Labute approximate surface area is 114 Å². The molecule has 4 atom stereocenters. The first kappa shape index (κ1) is 18.4. The summed E-state index contributed by atoms with van der Waals surface area (Å²) in [4.78, 5) is 0. The van der Waals surface area contributed by atoms with Gasteiger partial charge in [-0.25, -0.2) is 13.2 Å². The number of rotatable bonds is 7. The fraction of sp³-hybridized carbons (Fsp3) is 1.00. The SMILES string of the molecule is CC(F)(OCC1CO1)C(F)OC(F)(F)C(C)(F)C(F)(F)F. The van der Waals surface area contributed by atoms with Crippen LogP contribution in [-0.2, 0) is 14.2 Å². The Morgan fingerprint density at radius 3 is 1.95 bits per heavy atom. The number of halogens is 8. The van der Waals surface area contributed by atoms with Gasteiger partial charge in [0.15, 0.2) is 0 Å². The minimum absolute atomic E-state index is 0.181. The standard InChI is InChI=1S/C10H12F8O3/c1-7(12,20-4-5-3-19-5)6(11)21-10(17,18)8(2,13)9(14,15)16/h5-6H,3-4H2,1-2H3. The fourth-order valence-electron chi connectivity index (χ4n) is 0.997. The van der Waals surface area contributed by atoms with Gasteiger partial charge in [-0.3, -0.25) is 4.74 Å². The van der Waals surface area contributed by atoms with Crippen LogP contribution in [0.4, 0.5) is 35.1 Å². The van der Waals surface area contributed by atoms with Gasteiger partial charge in [-0.2, -0.15) is 22.0 Å². The summed E-state index contributed by atoms with van der Waals surface area (Å²) in [5, 5.41) is 0. The Balaban J connectivity index is 2.71. The van der Waals surface area contributed by atoms with Crippen molar-refractivity contribution < 1.29 is 49.3 Å². The maximum atomic E-state index is 13.6. The van der Waals surface area contributed by atoms with Gasteiger partial charge < -0.3 is 9.47 Å². The smallest absolute Gasteiger partial charge is 0.371 e. The first-order valence-corrected chi connectivity index (χ1v) is 5.60.